The maximum Gasteiger partial charge on any atom is 0.279 e. The van der Waals surface area contributed by atoms with Gasteiger partial charge in [-0.2, -0.15) is 4.41 Å². The van der Waals surface area contributed by atoms with E-state index in [0.29, 0.717) is 4.88 Å². The molecule has 0 radical (unpaired) electrons. The molecule has 0 atom stereocenters. The SMILES string of the molecule is CC1=CN(CC(=O)c2cccs2)C=C(C(=O)N(N)S(C)(=O)=O)C1. The van der Waals surface area contributed by atoms with E-state index in [1.807, 2.05) is 5.38 Å². The molecule has 0 fully saturated rings. The Kier molecular flexibility index (Phi) is 5.03. The molecule has 1 aromatic rings. The second-order valence-electron chi connectivity index (χ2n) is 5.24. The van der Waals surface area contributed by atoms with Gasteiger partial charge in [0.05, 0.1) is 17.7 Å². The van der Waals surface area contributed by atoms with Gasteiger partial charge < -0.3 is 4.90 Å². The van der Waals surface area contributed by atoms with Crippen LogP contribution in [0.3, 0.4) is 0 Å². The topological polar surface area (TPSA) is 101 Å². The lowest BCUT2D eigenvalue weighted by Gasteiger charge is -2.24. The maximum atomic E-state index is 12.2. The van der Waals surface area contributed by atoms with E-state index in [2.05, 4.69) is 0 Å². The van der Waals surface area contributed by atoms with Crippen LogP contribution >= 0.6 is 11.3 Å². The average Bonchev–Trinajstić information content (AvgIpc) is 2.98. The van der Waals surface area contributed by atoms with Crippen molar-refractivity contribution in [2.75, 3.05) is 12.8 Å². The second-order valence-corrected chi connectivity index (χ2v) is 8.05. The van der Waals surface area contributed by atoms with Gasteiger partial charge in [-0.1, -0.05) is 11.6 Å². The summed E-state index contributed by atoms with van der Waals surface area (Å²) in [7, 11) is -3.83. The van der Waals surface area contributed by atoms with E-state index in [-0.39, 0.29) is 28.7 Å². The Labute approximate surface area is 138 Å². The number of allylic oxidation sites excluding steroid dienone is 1. The first-order valence-corrected chi connectivity index (χ1v) is 9.41. The van der Waals surface area contributed by atoms with Crippen molar-refractivity contribution in [3.05, 3.63) is 45.9 Å². The van der Waals surface area contributed by atoms with Crippen molar-refractivity contribution in [1.29, 1.82) is 0 Å². The third kappa shape index (κ3) is 4.27. The lowest BCUT2D eigenvalue weighted by Crippen LogP contribution is -2.43. The zero-order valence-electron chi connectivity index (χ0n) is 12.7. The van der Waals surface area contributed by atoms with Crippen molar-refractivity contribution < 1.29 is 18.0 Å². The second kappa shape index (κ2) is 6.65. The summed E-state index contributed by atoms with van der Waals surface area (Å²) in [5.41, 5.74) is 1.05. The Morgan fingerprint density at radius 2 is 2.09 bits per heavy atom. The van der Waals surface area contributed by atoms with Crippen LogP contribution in [-0.2, 0) is 14.8 Å². The summed E-state index contributed by atoms with van der Waals surface area (Å²) >= 11 is 1.34. The Bertz CT molecular complexity index is 779. The van der Waals surface area contributed by atoms with Crippen molar-refractivity contribution >= 4 is 33.1 Å². The van der Waals surface area contributed by atoms with Crippen molar-refractivity contribution in [3.63, 3.8) is 0 Å². The normalized spacial score (nSPS) is 15.0. The molecular weight excluding hydrogens is 338 g/mol. The quantitative estimate of drug-likeness (QED) is 0.367. The predicted molar refractivity (Wildman–Crippen MR) is 87.7 cm³/mol. The molecule has 2 rings (SSSR count). The van der Waals surface area contributed by atoms with Gasteiger partial charge in [-0.15, -0.1) is 11.3 Å². The predicted octanol–water partition coefficient (Wildman–Crippen LogP) is 1.09. The summed E-state index contributed by atoms with van der Waals surface area (Å²) in [6, 6.07) is 3.52. The first-order chi connectivity index (χ1) is 10.7. The molecule has 0 aromatic carbocycles. The molecule has 0 saturated heterocycles. The number of amides is 1. The third-order valence-electron chi connectivity index (χ3n) is 3.13. The molecule has 124 valence electrons. The molecule has 0 unspecified atom stereocenters. The number of rotatable bonds is 5. The highest BCUT2D eigenvalue weighted by Gasteiger charge is 2.26. The van der Waals surface area contributed by atoms with E-state index in [1.165, 1.54) is 17.5 Å². The number of sulfonamides is 1. The number of carbonyl (C=O) groups is 2. The van der Waals surface area contributed by atoms with Gasteiger partial charge in [0.1, 0.15) is 0 Å². The largest absolute Gasteiger partial charge is 0.346 e. The van der Waals surface area contributed by atoms with Gasteiger partial charge >= 0.3 is 0 Å². The van der Waals surface area contributed by atoms with Gasteiger partial charge in [-0.25, -0.2) is 14.3 Å². The standard InChI is InChI=1S/C14H17N3O4S2/c1-10-6-11(14(19)17(15)23(2,20)21)8-16(7-10)9-12(18)13-4-3-5-22-13/h3-5,7-8H,6,9,15H2,1-2H3. The van der Waals surface area contributed by atoms with Crippen LogP contribution in [0, 0.1) is 0 Å². The maximum absolute atomic E-state index is 12.2. The van der Waals surface area contributed by atoms with E-state index in [4.69, 9.17) is 5.84 Å². The zero-order chi connectivity index (χ0) is 17.2. The van der Waals surface area contributed by atoms with E-state index < -0.39 is 15.9 Å². The zero-order valence-corrected chi connectivity index (χ0v) is 14.4. The highest BCUT2D eigenvalue weighted by molar-refractivity contribution is 7.88. The minimum Gasteiger partial charge on any atom is -0.346 e. The van der Waals surface area contributed by atoms with Crippen molar-refractivity contribution in [2.24, 2.45) is 5.84 Å². The van der Waals surface area contributed by atoms with Crippen LogP contribution in [0.4, 0.5) is 0 Å². The van der Waals surface area contributed by atoms with Crippen LogP contribution < -0.4 is 5.84 Å². The molecule has 0 saturated carbocycles. The third-order valence-corrected chi connectivity index (χ3v) is 4.92. The Morgan fingerprint density at radius 1 is 1.39 bits per heavy atom. The fourth-order valence-electron chi connectivity index (χ4n) is 2.11. The van der Waals surface area contributed by atoms with E-state index in [1.54, 1.807) is 30.2 Å². The smallest absolute Gasteiger partial charge is 0.279 e. The molecule has 1 aliphatic heterocycles. The first kappa shape index (κ1) is 17.4. The number of hydrazine groups is 1. The van der Waals surface area contributed by atoms with Crippen LogP contribution in [0.2, 0.25) is 0 Å². The number of hydrogen-bond donors (Lipinski definition) is 1. The van der Waals surface area contributed by atoms with Crippen LogP contribution in [0.15, 0.2) is 41.1 Å². The molecule has 23 heavy (non-hydrogen) atoms. The number of thiophene rings is 1. The molecule has 1 amide bonds. The summed E-state index contributed by atoms with van der Waals surface area (Å²) in [6.07, 6.45) is 4.36. The minimum atomic E-state index is -3.83. The molecule has 0 bridgehead atoms. The van der Waals surface area contributed by atoms with Gasteiger partial charge in [0.15, 0.2) is 5.78 Å². The molecule has 1 aliphatic rings. The molecule has 1 aromatic heterocycles. The first-order valence-electron chi connectivity index (χ1n) is 6.68. The Morgan fingerprint density at radius 3 is 2.65 bits per heavy atom. The lowest BCUT2D eigenvalue weighted by atomic mass is 10.0. The molecule has 0 spiro atoms. The van der Waals surface area contributed by atoms with E-state index >= 15 is 0 Å². The van der Waals surface area contributed by atoms with Crippen LogP contribution in [0.1, 0.15) is 23.0 Å². The number of carbonyl (C=O) groups excluding carboxylic acids is 2. The molecule has 2 N–H and O–H groups in total. The summed E-state index contributed by atoms with van der Waals surface area (Å²) in [5.74, 6) is 4.47. The molecule has 9 heteroatoms. The van der Waals surface area contributed by atoms with Gasteiger partial charge in [-0.05, 0) is 18.4 Å². The Hall–Kier alpha value is -1.97. The molecular formula is C14H17N3O4S2. The van der Waals surface area contributed by atoms with E-state index in [9.17, 15) is 18.0 Å². The molecule has 0 aliphatic carbocycles. The number of nitrogens with two attached hydrogens (primary N) is 1. The minimum absolute atomic E-state index is 0.0675. The van der Waals surface area contributed by atoms with Crippen molar-refractivity contribution in [1.82, 2.24) is 9.31 Å². The van der Waals surface area contributed by atoms with Gasteiger partial charge in [0.2, 0.25) is 10.0 Å². The van der Waals surface area contributed by atoms with Gasteiger partial charge in [-0.3, -0.25) is 9.59 Å². The van der Waals surface area contributed by atoms with E-state index in [0.717, 1.165) is 11.8 Å². The number of hydrogen-bond acceptors (Lipinski definition) is 7. The summed E-state index contributed by atoms with van der Waals surface area (Å²) in [4.78, 5) is 26.5. The van der Waals surface area contributed by atoms with Crippen LogP contribution in [0.25, 0.3) is 0 Å². The highest BCUT2D eigenvalue weighted by Crippen LogP contribution is 2.21. The average molecular weight is 355 g/mol. The van der Waals surface area contributed by atoms with Gasteiger partial charge in [0.25, 0.3) is 5.91 Å². The monoisotopic (exact) mass is 355 g/mol. The Balaban J connectivity index is 2.18. The van der Waals surface area contributed by atoms with Crippen LogP contribution in [0.5, 0.6) is 0 Å². The van der Waals surface area contributed by atoms with Crippen molar-refractivity contribution in [2.45, 2.75) is 13.3 Å². The fraction of sp³-hybridized carbons (Fsp3) is 0.286. The highest BCUT2D eigenvalue weighted by atomic mass is 32.2. The lowest BCUT2D eigenvalue weighted by molar-refractivity contribution is -0.123. The van der Waals surface area contributed by atoms with Crippen molar-refractivity contribution in [3.8, 4) is 0 Å². The molecule has 2 heterocycles. The summed E-state index contributed by atoms with van der Waals surface area (Å²) < 4.78 is 23.0. The fourth-order valence-corrected chi connectivity index (χ4v) is 3.18. The summed E-state index contributed by atoms with van der Waals surface area (Å²) in [6.45, 7) is 1.86. The van der Waals surface area contributed by atoms with Crippen LogP contribution in [-0.4, -0.2) is 42.2 Å². The van der Waals surface area contributed by atoms with Gasteiger partial charge in [0, 0.05) is 24.4 Å². The number of Topliss-reactive ketones (excluding diaryl/α,β-unsaturated/α-hetero) is 1. The summed E-state index contributed by atoms with van der Waals surface area (Å²) in [5, 5.41) is 1.81. The number of ketones is 1. The molecule has 7 nitrogen and oxygen atoms in total. The number of nitrogens with zero attached hydrogens (tertiary/aromatic N) is 2.